The Morgan fingerprint density at radius 3 is 2.76 bits per heavy atom. The number of aryl methyl sites for hydroxylation is 1. The van der Waals surface area contributed by atoms with Gasteiger partial charge in [-0.25, -0.2) is 4.98 Å². The molecule has 0 bridgehead atoms. The quantitative estimate of drug-likeness (QED) is 0.706. The fraction of sp³-hybridized carbons (Fsp3) is 0.615. The molecule has 0 aliphatic heterocycles. The monoisotopic (exact) mass is 239 g/mol. The van der Waals surface area contributed by atoms with Crippen LogP contribution in [0.5, 0.6) is 5.88 Å². The Hall–Kier alpha value is -1.13. The number of ether oxygens (including phenoxy) is 2. The van der Waals surface area contributed by atoms with E-state index in [1.165, 1.54) is 0 Å². The number of rotatable bonds is 8. The highest BCUT2D eigenvalue weighted by atomic mass is 16.5. The van der Waals surface area contributed by atoms with Gasteiger partial charge >= 0.3 is 0 Å². The molecule has 0 fully saturated rings. The lowest BCUT2D eigenvalue weighted by atomic mass is 10.2. The van der Waals surface area contributed by atoms with E-state index >= 15 is 0 Å². The Morgan fingerprint density at radius 2 is 2.06 bits per heavy atom. The zero-order valence-corrected chi connectivity index (χ0v) is 10.6. The predicted octanol–water partition coefficient (Wildman–Crippen LogP) is 2.08. The Balaban J connectivity index is 2.28. The van der Waals surface area contributed by atoms with Crippen LogP contribution in [0.4, 0.5) is 0 Å². The normalized spacial score (nSPS) is 10.5. The third-order valence-electron chi connectivity index (χ3n) is 2.29. The van der Waals surface area contributed by atoms with E-state index in [0.29, 0.717) is 19.1 Å². The molecule has 0 spiro atoms. The van der Waals surface area contributed by atoms with Crippen LogP contribution < -0.4 is 4.74 Å². The fourth-order valence-electron chi connectivity index (χ4n) is 1.43. The highest BCUT2D eigenvalue weighted by Gasteiger charge is 2.00. The Labute approximate surface area is 103 Å². The standard InChI is InChI=1S/C13H21NO3/c1-3-4-5-16-6-7-17-13-9-12(10-15)8-11(2)14-13/h8-9,15H,3-7,10H2,1-2H3. The third-order valence-corrected chi connectivity index (χ3v) is 2.29. The molecule has 0 aromatic carbocycles. The lowest BCUT2D eigenvalue weighted by Crippen LogP contribution is -2.08. The van der Waals surface area contributed by atoms with Crippen molar-refractivity contribution in [1.29, 1.82) is 0 Å². The molecule has 0 saturated carbocycles. The van der Waals surface area contributed by atoms with Crippen molar-refractivity contribution < 1.29 is 14.6 Å². The van der Waals surface area contributed by atoms with Crippen LogP contribution in [0.1, 0.15) is 31.0 Å². The number of hydrogen-bond acceptors (Lipinski definition) is 4. The SMILES string of the molecule is CCCCOCCOc1cc(CO)cc(C)n1. The van der Waals surface area contributed by atoms with Gasteiger partial charge in [0.2, 0.25) is 5.88 Å². The van der Waals surface area contributed by atoms with Crippen molar-refractivity contribution in [1.82, 2.24) is 4.98 Å². The summed E-state index contributed by atoms with van der Waals surface area (Å²) in [5, 5.41) is 9.05. The van der Waals surface area contributed by atoms with Crippen molar-refractivity contribution in [2.75, 3.05) is 19.8 Å². The van der Waals surface area contributed by atoms with Crippen LogP contribution in [0.2, 0.25) is 0 Å². The molecule has 96 valence electrons. The van der Waals surface area contributed by atoms with Gasteiger partial charge in [0.05, 0.1) is 13.2 Å². The molecule has 0 amide bonds. The maximum absolute atomic E-state index is 9.05. The van der Waals surface area contributed by atoms with Gasteiger partial charge in [0.15, 0.2) is 0 Å². The van der Waals surface area contributed by atoms with Crippen LogP contribution >= 0.6 is 0 Å². The van der Waals surface area contributed by atoms with Crippen molar-refractivity contribution in [3.8, 4) is 5.88 Å². The molecule has 4 nitrogen and oxygen atoms in total. The summed E-state index contributed by atoms with van der Waals surface area (Å²) >= 11 is 0. The number of unbranched alkanes of at least 4 members (excludes halogenated alkanes) is 1. The minimum atomic E-state index is 0.00667. The first kappa shape index (κ1) is 13.9. The lowest BCUT2D eigenvalue weighted by Gasteiger charge is -2.08. The Bertz CT molecular complexity index is 328. The Kier molecular flexibility index (Phi) is 6.58. The van der Waals surface area contributed by atoms with Gasteiger partial charge in [0, 0.05) is 18.4 Å². The summed E-state index contributed by atoms with van der Waals surface area (Å²) < 4.78 is 10.8. The molecule has 1 rings (SSSR count). The molecule has 0 saturated heterocycles. The average molecular weight is 239 g/mol. The largest absolute Gasteiger partial charge is 0.475 e. The summed E-state index contributed by atoms with van der Waals surface area (Å²) in [5.41, 5.74) is 1.66. The maximum atomic E-state index is 9.05. The van der Waals surface area contributed by atoms with E-state index in [1.54, 1.807) is 6.07 Å². The molecule has 1 heterocycles. The van der Waals surface area contributed by atoms with E-state index in [2.05, 4.69) is 11.9 Å². The zero-order valence-electron chi connectivity index (χ0n) is 10.6. The van der Waals surface area contributed by atoms with Gasteiger partial charge in [-0.15, -0.1) is 0 Å². The van der Waals surface area contributed by atoms with Crippen LogP contribution in [0.25, 0.3) is 0 Å². The molecule has 17 heavy (non-hydrogen) atoms. The summed E-state index contributed by atoms with van der Waals surface area (Å²) in [7, 11) is 0. The second kappa shape index (κ2) is 8.03. The van der Waals surface area contributed by atoms with Gasteiger partial charge in [0.1, 0.15) is 6.61 Å². The molecule has 4 heteroatoms. The van der Waals surface area contributed by atoms with Gasteiger partial charge in [-0.3, -0.25) is 0 Å². The van der Waals surface area contributed by atoms with E-state index < -0.39 is 0 Å². The number of aliphatic hydroxyl groups is 1. The molecule has 0 aliphatic rings. The lowest BCUT2D eigenvalue weighted by molar-refractivity contribution is 0.0964. The Morgan fingerprint density at radius 1 is 1.24 bits per heavy atom. The number of nitrogens with zero attached hydrogens (tertiary/aromatic N) is 1. The van der Waals surface area contributed by atoms with Crippen molar-refractivity contribution >= 4 is 0 Å². The summed E-state index contributed by atoms with van der Waals surface area (Å²) in [5.74, 6) is 0.549. The molecule has 1 aromatic heterocycles. The van der Waals surface area contributed by atoms with Crippen LogP contribution in [-0.2, 0) is 11.3 Å². The van der Waals surface area contributed by atoms with Crippen LogP contribution in [0, 0.1) is 6.92 Å². The molecule has 0 atom stereocenters. The van der Waals surface area contributed by atoms with Crippen LogP contribution in [-0.4, -0.2) is 29.9 Å². The van der Waals surface area contributed by atoms with Gasteiger partial charge < -0.3 is 14.6 Å². The van der Waals surface area contributed by atoms with E-state index in [0.717, 1.165) is 30.7 Å². The topological polar surface area (TPSA) is 51.6 Å². The summed E-state index contributed by atoms with van der Waals surface area (Å²) in [6, 6.07) is 3.59. The molecule has 1 aromatic rings. The number of hydrogen-bond donors (Lipinski definition) is 1. The smallest absolute Gasteiger partial charge is 0.213 e. The minimum absolute atomic E-state index is 0.00667. The molecule has 0 unspecified atom stereocenters. The van der Waals surface area contributed by atoms with E-state index in [-0.39, 0.29) is 6.61 Å². The molecule has 0 radical (unpaired) electrons. The molecular formula is C13H21NO3. The summed E-state index contributed by atoms with van der Waals surface area (Å²) in [6.07, 6.45) is 2.22. The second-order valence-electron chi connectivity index (χ2n) is 3.93. The minimum Gasteiger partial charge on any atom is -0.475 e. The number of pyridine rings is 1. The van der Waals surface area contributed by atoms with Crippen LogP contribution in [0.15, 0.2) is 12.1 Å². The highest BCUT2D eigenvalue weighted by Crippen LogP contribution is 2.12. The van der Waals surface area contributed by atoms with E-state index in [1.807, 2.05) is 13.0 Å². The average Bonchev–Trinajstić information content (AvgIpc) is 2.33. The van der Waals surface area contributed by atoms with Crippen molar-refractivity contribution in [2.45, 2.75) is 33.3 Å². The summed E-state index contributed by atoms with van der Waals surface area (Å²) in [6.45, 7) is 5.86. The van der Waals surface area contributed by atoms with Gasteiger partial charge in [-0.1, -0.05) is 13.3 Å². The molecule has 0 aliphatic carbocycles. The van der Waals surface area contributed by atoms with Gasteiger partial charge in [-0.05, 0) is 25.0 Å². The van der Waals surface area contributed by atoms with Crippen molar-refractivity contribution in [3.05, 3.63) is 23.4 Å². The number of aromatic nitrogens is 1. The maximum Gasteiger partial charge on any atom is 0.213 e. The molecule has 1 N–H and O–H groups in total. The van der Waals surface area contributed by atoms with Gasteiger partial charge in [-0.2, -0.15) is 0 Å². The first-order valence-corrected chi connectivity index (χ1v) is 6.05. The number of aliphatic hydroxyl groups excluding tert-OH is 1. The van der Waals surface area contributed by atoms with Crippen LogP contribution in [0.3, 0.4) is 0 Å². The molecular weight excluding hydrogens is 218 g/mol. The highest BCUT2D eigenvalue weighted by molar-refractivity contribution is 5.23. The van der Waals surface area contributed by atoms with E-state index in [9.17, 15) is 0 Å². The zero-order chi connectivity index (χ0) is 12.5. The predicted molar refractivity (Wildman–Crippen MR) is 66.1 cm³/mol. The fourth-order valence-corrected chi connectivity index (χ4v) is 1.43. The van der Waals surface area contributed by atoms with Crippen molar-refractivity contribution in [2.24, 2.45) is 0 Å². The first-order valence-electron chi connectivity index (χ1n) is 6.05. The second-order valence-corrected chi connectivity index (χ2v) is 3.93. The van der Waals surface area contributed by atoms with Gasteiger partial charge in [0.25, 0.3) is 0 Å². The van der Waals surface area contributed by atoms with E-state index in [4.69, 9.17) is 14.6 Å². The van der Waals surface area contributed by atoms with Crippen molar-refractivity contribution in [3.63, 3.8) is 0 Å². The third kappa shape index (κ3) is 5.65. The first-order chi connectivity index (χ1) is 8.26. The summed E-state index contributed by atoms with van der Waals surface area (Å²) in [4.78, 5) is 4.23.